The fraction of sp³-hybridized carbons (Fsp3) is 0.333. The van der Waals surface area contributed by atoms with E-state index in [9.17, 15) is 18.5 Å². The van der Waals surface area contributed by atoms with E-state index in [4.69, 9.17) is 8.92 Å². The molecule has 0 radical (unpaired) electrons. The number of nitrogens with zero attached hydrogens (tertiary/aromatic N) is 3. The molecule has 0 amide bonds. The number of fused-ring (bicyclic) bond motifs is 1. The molecule has 3 rings (SSSR count). The molecule has 0 spiro atoms. The van der Waals surface area contributed by atoms with Gasteiger partial charge in [-0.25, -0.2) is 14.2 Å². The summed E-state index contributed by atoms with van der Waals surface area (Å²) in [5.74, 6) is 0.295. The van der Waals surface area contributed by atoms with Gasteiger partial charge in [-0.2, -0.15) is 8.42 Å². The Kier molecular flexibility index (Phi) is 7.21. The SMILES string of the molecule is CCCC(Oc1cc2ncnc(NC(C)c3ccccc3)c2cc1[N+](=O)[O-])OS(C)(=O)=O. The van der Waals surface area contributed by atoms with Gasteiger partial charge in [-0.1, -0.05) is 43.7 Å². The second-order valence-electron chi connectivity index (χ2n) is 7.23. The average molecular weight is 461 g/mol. The van der Waals surface area contributed by atoms with Crippen molar-refractivity contribution in [2.24, 2.45) is 0 Å². The van der Waals surface area contributed by atoms with Crippen molar-refractivity contribution in [1.29, 1.82) is 0 Å². The first kappa shape index (κ1) is 23.4. The van der Waals surface area contributed by atoms with Gasteiger partial charge >= 0.3 is 5.69 Å². The highest BCUT2D eigenvalue weighted by Crippen LogP contribution is 2.35. The molecule has 1 heterocycles. The summed E-state index contributed by atoms with van der Waals surface area (Å²) >= 11 is 0. The first-order valence-corrected chi connectivity index (χ1v) is 11.8. The summed E-state index contributed by atoms with van der Waals surface area (Å²) in [4.78, 5) is 19.6. The quantitative estimate of drug-likeness (QED) is 0.204. The number of nitro benzene ring substituents is 1. The fourth-order valence-corrected chi connectivity index (χ4v) is 3.68. The minimum Gasteiger partial charge on any atom is -0.456 e. The normalized spacial score (nSPS) is 13.5. The highest BCUT2D eigenvalue weighted by Gasteiger charge is 2.24. The molecule has 0 saturated heterocycles. The van der Waals surface area contributed by atoms with Gasteiger partial charge in [0.1, 0.15) is 12.1 Å². The molecule has 170 valence electrons. The van der Waals surface area contributed by atoms with Gasteiger partial charge in [0.25, 0.3) is 10.1 Å². The number of ether oxygens (including phenoxy) is 1. The minimum absolute atomic E-state index is 0.110. The number of benzene rings is 2. The molecule has 0 aliphatic carbocycles. The Bertz CT molecular complexity index is 1200. The third kappa shape index (κ3) is 5.89. The van der Waals surface area contributed by atoms with Crippen LogP contribution in [-0.2, 0) is 14.3 Å². The lowest BCUT2D eigenvalue weighted by molar-refractivity contribution is -0.386. The second kappa shape index (κ2) is 9.88. The van der Waals surface area contributed by atoms with E-state index in [1.807, 2.05) is 44.2 Å². The zero-order valence-corrected chi connectivity index (χ0v) is 18.7. The van der Waals surface area contributed by atoms with E-state index in [2.05, 4.69) is 15.3 Å². The summed E-state index contributed by atoms with van der Waals surface area (Å²) in [7, 11) is -3.82. The van der Waals surface area contributed by atoms with E-state index in [0.717, 1.165) is 11.8 Å². The largest absolute Gasteiger partial charge is 0.456 e. The van der Waals surface area contributed by atoms with Gasteiger partial charge in [-0.3, -0.25) is 10.1 Å². The van der Waals surface area contributed by atoms with Crippen LogP contribution in [-0.4, -0.2) is 35.9 Å². The molecule has 11 heteroatoms. The predicted octanol–water partition coefficient (Wildman–Crippen LogP) is 4.19. The van der Waals surface area contributed by atoms with Gasteiger partial charge in [0, 0.05) is 30.0 Å². The third-order valence-electron chi connectivity index (χ3n) is 4.63. The van der Waals surface area contributed by atoms with Crippen molar-refractivity contribution >= 4 is 32.5 Å². The number of nitrogens with one attached hydrogen (secondary N) is 1. The van der Waals surface area contributed by atoms with Gasteiger partial charge in [0.15, 0.2) is 0 Å². The Labute approximate surface area is 185 Å². The summed E-state index contributed by atoms with van der Waals surface area (Å²) < 4.78 is 33.6. The van der Waals surface area contributed by atoms with Crippen LogP contribution in [0.15, 0.2) is 48.8 Å². The van der Waals surface area contributed by atoms with Crippen molar-refractivity contribution in [3.05, 3.63) is 64.5 Å². The molecular formula is C21H24N4O6S. The Hall–Kier alpha value is -3.31. The van der Waals surface area contributed by atoms with Crippen LogP contribution in [0.1, 0.15) is 38.3 Å². The van der Waals surface area contributed by atoms with Crippen molar-refractivity contribution in [2.75, 3.05) is 11.6 Å². The summed E-state index contributed by atoms with van der Waals surface area (Å²) in [6.07, 6.45) is 1.83. The Morgan fingerprint density at radius 3 is 2.53 bits per heavy atom. The van der Waals surface area contributed by atoms with E-state index in [1.165, 1.54) is 18.5 Å². The lowest BCUT2D eigenvalue weighted by Crippen LogP contribution is -2.24. The first-order chi connectivity index (χ1) is 15.2. The fourth-order valence-electron chi connectivity index (χ4n) is 3.15. The summed E-state index contributed by atoms with van der Waals surface area (Å²) in [6, 6.07) is 12.3. The minimum atomic E-state index is -3.82. The summed E-state index contributed by atoms with van der Waals surface area (Å²) in [6.45, 7) is 3.77. The monoisotopic (exact) mass is 460 g/mol. The van der Waals surface area contributed by atoms with Crippen molar-refractivity contribution in [2.45, 2.75) is 39.0 Å². The molecule has 2 unspecified atom stereocenters. The molecule has 32 heavy (non-hydrogen) atoms. The summed E-state index contributed by atoms with van der Waals surface area (Å²) in [5.41, 5.74) is 1.08. The maximum Gasteiger partial charge on any atom is 0.311 e. The smallest absolute Gasteiger partial charge is 0.311 e. The van der Waals surface area contributed by atoms with Gasteiger partial charge in [-0.15, -0.1) is 0 Å². The molecule has 10 nitrogen and oxygen atoms in total. The molecule has 0 bridgehead atoms. The third-order valence-corrected chi connectivity index (χ3v) is 5.19. The molecule has 0 saturated carbocycles. The first-order valence-electron chi connectivity index (χ1n) is 9.97. The number of nitro groups is 1. The molecule has 2 atom stereocenters. The van der Waals surface area contributed by atoms with Gasteiger partial charge in [0.2, 0.25) is 12.0 Å². The number of rotatable bonds is 10. The van der Waals surface area contributed by atoms with Crippen LogP contribution in [0.25, 0.3) is 10.9 Å². The van der Waals surface area contributed by atoms with E-state index < -0.39 is 21.3 Å². The zero-order valence-electron chi connectivity index (χ0n) is 17.9. The molecular weight excluding hydrogens is 436 g/mol. The van der Waals surface area contributed by atoms with Crippen molar-refractivity contribution in [3.63, 3.8) is 0 Å². The van der Waals surface area contributed by atoms with Crippen LogP contribution in [0.3, 0.4) is 0 Å². The number of hydrogen-bond acceptors (Lipinski definition) is 9. The highest BCUT2D eigenvalue weighted by atomic mass is 32.2. The lowest BCUT2D eigenvalue weighted by Gasteiger charge is -2.19. The van der Waals surface area contributed by atoms with Gasteiger partial charge in [0.05, 0.1) is 16.7 Å². The van der Waals surface area contributed by atoms with Crippen LogP contribution in [0.2, 0.25) is 0 Å². The molecule has 0 aliphatic rings. The number of aromatic nitrogens is 2. The number of anilines is 1. The lowest BCUT2D eigenvalue weighted by atomic mass is 10.1. The highest BCUT2D eigenvalue weighted by molar-refractivity contribution is 7.86. The molecule has 2 aromatic carbocycles. The van der Waals surface area contributed by atoms with Crippen LogP contribution in [0.5, 0.6) is 5.75 Å². The topological polar surface area (TPSA) is 134 Å². The van der Waals surface area contributed by atoms with Gasteiger partial charge in [-0.05, 0) is 12.5 Å². The molecule has 1 N–H and O–H groups in total. The second-order valence-corrected chi connectivity index (χ2v) is 8.83. The standard InChI is InChI=1S/C21H24N4O6S/c1-4-8-20(31-32(3,28)29)30-19-12-17-16(11-18(19)25(26)27)21(23-13-22-17)24-14(2)15-9-6-5-7-10-15/h5-7,9-14,20H,4,8H2,1-3H3,(H,22,23,24). The summed E-state index contributed by atoms with van der Waals surface area (Å²) in [5, 5.41) is 15.4. The average Bonchev–Trinajstić information content (AvgIpc) is 2.73. The van der Waals surface area contributed by atoms with Crippen LogP contribution in [0, 0.1) is 10.1 Å². The van der Waals surface area contributed by atoms with E-state index in [1.54, 1.807) is 0 Å². The number of hydrogen-bond donors (Lipinski definition) is 1. The molecule has 1 aromatic heterocycles. The molecule has 3 aromatic rings. The van der Waals surface area contributed by atoms with E-state index in [-0.39, 0.29) is 23.9 Å². The van der Waals surface area contributed by atoms with Crippen LogP contribution in [0.4, 0.5) is 11.5 Å². The van der Waals surface area contributed by atoms with E-state index in [0.29, 0.717) is 23.1 Å². The maximum absolute atomic E-state index is 11.8. The van der Waals surface area contributed by atoms with Crippen LogP contribution >= 0.6 is 0 Å². The van der Waals surface area contributed by atoms with Crippen molar-refractivity contribution in [1.82, 2.24) is 9.97 Å². The molecule has 0 fully saturated rings. The molecule has 0 aliphatic heterocycles. The van der Waals surface area contributed by atoms with Crippen molar-refractivity contribution < 1.29 is 22.3 Å². The van der Waals surface area contributed by atoms with Gasteiger partial charge < -0.3 is 10.1 Å². The Morgan fingerprint density at radius 1 is 1.19 bits per heavy atom. The van der Waals surface area contributed by atoms with Crippen molar-refractivity contribution in [3.8, 4) is 5.75 Å². The predicted molar refractivity (Wildman–Crippen MR) is 120 cm³/mol. The Morgan fingerprint density at radius 2 is 1.91 bits per heavy atom. The van der Waals surface area contributed by atoms with Crippen LogP contribution < -0.4 is 10.1 Å². The zero-order chi connectivity index (χ0) is 23.3. The van der Waals surface area contributed by atoms with E-state index >= 15 is 0 Å². The maximum atomic E-state index is 11.8. The Balaban J connectivity index is 1.99.